The van der Waals surface area contributed by atoms with Crippen molar-refractivity contribution in [2.24, 2.45) is 22.7 Å². The fourth-order valence-corrected chi connectivity index (χ4v) is 5.89. The summed E-state index contributed by atoms with van der Waals surface area (Å²) in [6, 6.07) is 0. The van der Waals surface area contributed by atoms with Gasteiger partial charge in [0.05, 0.1) is 7.11 Å². The first kappa shape index (κ1) is 17.8. The molecule has 2 fully saturated rings. The number of allylic oxidation sites excluding steroid dienone is 1. The molecule has 0 aromatic carbocycles. The summed E-state index contributed by atoms with van der Waals surface area (Å²) in [5.74, 6) is 0.799. The highest BCUT2D eigenvalue weighted by molar-refractivity contribution is 6.20. The van der Waals surface area contributed by atoms with Gasteiger partial charge in [0.15, 0.2) is 0 Å². The molecule has 1 amide bonds. The minimum absolute atomic E-state index is 0.0185. The molecule has 0 bridgehead atoms. The summed E-state index contributed by atoms with van der Waals surface area (Å²) in [4.78, 5) is 17.4. The van der Waals surface area contributed by atoms with E-state index in [4.69, 9.17) is 16.4 Å². The number of carbonyl (C=O) groups is 1. The lowest BCUT2D eigenvalue weighted by Gasteiger charge is -2.59. The standard InChI is InChI=1S/C18H30ClNO2/c1-12-7-8-15-17(2,3)10-13(19)11-18(15,4)14(12)9-16(21)20(5)22-6/h13-15H,1,7-11H2,2-6H3/t13-,14-,15-,18+/m0/s1. The van der Waals surface area contributed by atoms with Gasteiger partial charge in [-0.25, -0.2) is 5.06 Å². The van der Waals surface area contributed by atoms with E-state index in [0.717, 1.165) is 25.7 Å². The van der Waals surface area contributed by atoms with Crippen LogP contribution in [0, 0.1) is 22.7 Å². The Hall–Kier alpha value is -0.540. The second kappa shape index (κ2) is 6.16. The molecule has 0 aromatic heterocycles. The number of amides is 1. The van der Waals surface area contributed by atoms with Crippen LogP contribution in [-0.4, -0.2) is 30.5 Å². The second-order valence-electron chi connectivity index (χ2n) is 8.08. The van der Waals surface area contributed by atoms with Crippen LogP contribution in [0.4, 0.5) is 0 Å². The number of carbonyl (C=O) groups excluding carboxylic acids is 1. The molecular formula is C18H30ClNO2. The van der Waals surface area contributed by atoms with Crippen LogP contribution in [0.2, 0.25) is 0 Å². The lowest BCUT2D eigenvalue weighted by molar-refractivity contribution is -0.172. The third kappa shape index (κ3) is 3.07. The highest BCUT2D eigenvalue weighted by Crippen LogP contribution is 2.62. The molecule has 0 heterocycles. The zero-order valence-electron chi connectivity index (χ0n) is 14.6. The van der Waals surface area contributed by atoms with Gasteiger partial charge >= 0.3 is 0 Å². The van der Waals surface area contributed by atoms with Crippen LogP contribution in [0.1, 0.15) is 52.9 Å². The summed E-state index contributed by atoms with van der Waals surface area (Å²) in [5, 5.41) is 1.51. The molecule has 4 heteroatoms. The van der Waals surface area contributed by atoms with Crippen molar-refractivity contribution in [2.45, 2.75) is 58.3 Å². The zero-order valence-corrected chi connectivity index (χ0v) is 15.4. The Morgan fingerprint density at radius 2 is 2.05 bits per heavy atom. The number of hydrogen-bond acceptors (Lipinski definition) is 2. The molecule has 2 saturated carbocycles. The van der Waals surface area contributed by atoms with Crippen molar-refractivity contribution >= 4 is 17.5 Å². The lowest BCUT2D eigenvalue weighted by atomic mass is 9.47. The van der Waals surface area contributed by atoms with E-state index in [1.54, 1.807) is 7.05 Å². The normalized spacial score (nSPS) is 37.5. The first-order valence-corrected chi connectivity index (χ1v) is 8.68. The van der Waals surface area contributed by atoms with Gasteiger partial charge in [-0.1, -0.05) is 32.9 Å². The van der Waals surface area contributed by atoms with Crippen LogP contribution in [0.3, 0.4) is 0 Å². The van der Waals surface area contributed by atoms with E-state index in [2.05, 4.69) is 27.4 Å². The maximum Gasteiger partial charge on any atom is 0.246 e. The van der Waals surface area contributed by atoms with Crippen molar-refractivity contribution in [3.63, 3.8) is 0 Å². The molecule has 4 atom stereocenters. The summed E-state index contributed by atoms with van der Waals surface area (Å²) in [7, 11) is 3.19. The predicted molar refractivity (Wildman–Crippen MR) is 90.5 cm³/mol. The van der Waals surface area contributed by atoms with E-state index in [9.17, 15) is 4.79 Å². The maximum atomic E-state index is 12.4. The van der Waals surface area contributed by atoms with E-state index < -0.39 is 0 Å². The van der Waals surface area contributed by atoms with Crippen molar-refractivity contribution in [3.8, 4) is 0 Å². The predicted octanol–water partition coefficient (Wildman–Crippen LogP) is 4.41. The molecule has 2 aliphatic carbocycles. The molecule has 0 aliphatic heterocycles. The number of fused-ring (bicyclic) bond motifs is 1. The van der Waals surface area contributed by atoms with Gasteiger partial charge in [-0.05, 0) is 48.3 Å². The van der Waals surface area contributed by atoms with Gasteiger partial charge < -0.3 is 0 Å². The smallest absolute Gasteiger partial charge is 0.246 e. The zero-order chi connectivity index (χ0) is 16.7. The summed E-state index contributed by atoms with van der Waals surface area (Å²) in [6.07, 6.45) is 4.67. The Balaban J connectivity index is 2.30. The van der Waals surface area contributed by atoms with E-state index in [1.165, 1.54) is 17.7 Å². The number of hydrogen-bond donors (Lipinski definition) is 0. The van der Waals surface area contributed by atoms with Gasteiger partial charge in [0.1, 0.15) is 0 Å². The fourth-order valence-electron chi connectivity index (χ4n) is 5.16. The lowest BCUT2D eigenvalue weighted by Crippen LogP contribution is -2.53. The minimum Gasteiger partial charge on any atom is -0.275 e. The van der Waals surface area contributed by atoms with Crippen LogP contribution in [0.5, 0.6) is 0 Å². The third-order valence-electron chi connectivity index (χ3n) is 6.20. The van der Waals surface area contributed by atoms with Crippen LogP contribution in [0.25, 0.3) is 0 Å². The molecule has 2 aliphatic rings. The Morgan fingerprint density at radius 3 is 2.64 bits per heavy atom. The summed E-state index contributed by atoms with van der Waals surface area (Å²) < 4.78 is 0. The van der Waals surface area contributed by atoms with Gasteiger partial charge in [0.25, 0.3) is 0 Å². The van der Waals surface area contributed by atoms with Gasteiger partial charge in [-0.15, -0.1) is 11.6 Å². The number of halogens is 1. The Bertz CT molecular complexity index is 462. The highest BCUT2D eigenvalue weighted by Gasteiger charge is 2.55. The van der Waals surface area contributed by atoms with Gasteiger partial charge in [-0.2, -0.15) is 0 Å². The highest BCUT2D eigenvalue weighted by atomic mass is 35.5. The summed E-state index contributed by atoms with van der Waals surface area (Å²) >= 11 is 6.60. The summed E-state index contributed by atoms with van der Waals surface area (Å²) in [6.45, 7) is 11.3. The summed E-state index contributed by atoms with van der Waals surface area (Å²) in [5.41, 5.74) is 1.47. The Morgan fingerprint density at radius 1 is 1.41 bits per heavy atom. The number of nitrogens with zero attached hydrogens (tertiary/aromatic N) is 1. The van der Waals surface area contributed by atoms with Gasteiger partial charge in [0, 0.05) is 18.8 Å². The molecule has 0 saturated heterocycles. The third-order valence-corrected chi connectivity index (χ3v) is 6.50. The quantitative estimate of drug-likeness (QED) is 0.436. The van der Waals surface area contributed by atoms with Crippen LogP contribution in [-0.2, 0) is 9.63 Å². The van der Waals surface area contributed by atoms with Gasteiger partial charge in [0.2, 0.25) is 5.91 Å². The number of hydroxylamine groups is 2. The molecular weight excluding hydrogens is 298 g/mol. The SMILES string of the molecule is C=C1CC[C@H]2C(C)(C)C[C@H](Cl)C[C@]2(C)[C@H]1CC(=O)N(C)OC. The largest absolute Gasteiger partial charge is 0.275 e. The molecule has 0 aromatic rings. The van der Waals surface area contributed by atoms with Crippen molar-refractivity contribution in [1.82, 2.24) is 5.06 Å². The molecule has 0 N–H and O–H groups in total. The molecule has 0 spiro atoms. The first-order valence-electron chi connectivity index (χ1n) is 8.24. The average Bonchev–Trinajstić information content (AvgIpc) is 2.39. The molecule has 3 nitrogen and oxygen atoms in total. The van der Waals surface area contributed by atoms with Gasteiger partial charge in [-0.3, -0.25) is 9.63 Å². The van der Waals surface area contributed by atoms with Crippen LogP contribution in [0.15, 0.2) is 12.2 Å². The van der Waals surface area contributed by atoms with E-state index >= 15 is 0 Å². The van der Waals surface area contributed by atoms with Crippen LogP contribution >= 0.6 is 11.6 Å². The van der Waals surface area contributed by atoms with E-state index in [-0.39, 0.29) is 28.0 Å². The molecule has 2 rings (SSSR count). The maximum absolute atomic E-state index is 12.4. The fraction of sp³-hybridized carbons (Fsp3) is 0.833. The number of rotatable bonds is 3. The van der Waals surface area contributed by atoms with E-state index in [1.807, 2.05) is 0 Å². The Kier molecular flexibility index (Phi) is 4.99. The second-order valence-corrected chi connectivity index (χ2v) is 8.70. The topological polar surface area (TPSA) is 29.5 Å². The average molecular weight is 328 g/mol. The molecule has 22 heavy (non-hydrogen) atoms. The van der Waals surface area contributed by atoms with E-state index in [0.29, 0.717) is 12.3 Å². The molecule has 126 valence electrons. The van der Waals surface area contributed by atoms with Crippen molar-refractivity contribution in [2.75, 3.05) is 14.2 Å². The first-order chi connectivity index (χ1) is 10.1. The minimum atomic E-state index is 0.0185. The Labute approximate surface area is 140 Å². The van der Waals surface area contributed by atoms with Crippen LogP contribution < -0.4 is 0 Å². The molecule has 0 radical (unpaired) electrons. The molecule has 0 unspecified atom stereocenters. The number of alkyl halides is 1. The van der Waals surface area contributed by atoms with Crippen molar-refractivity contribution in [3.05, 3.63) is 12.2 Å². The van der Waals surface area contributed by atoms with Crippen molar-refractivity contribution in [1.29, 1.82) is 0 Å². The monoisotopic (exact) mass is 327 g/mol. The van der Waals surface area contributed by atoms with Crippen molar-refractivity contribution < 1.29 is 9.63 Å².